The Morgan fingerprint density at radius 1 is 1.57 bits per heavy atom. The summed E-state index contributed by atoms with van der Waals surface area (Å²) in [6.45, 7) is 1.54. The molecule has 1 aromatic heterocycles. The monoisotopic (exact) mass is 193 g/mol. The number of anilines is 1. The van der Waals surface area contributed by atoms with Crippen molar-refractivity contribution in [2.24, 2.45) is 5.84 Å². The molecule has 0 radical (unpaired) electrons. The van der Waals surface area contributed by atoms with Crippen LogP contribution in [0.25, 0.3) is 0 Å². The Morgan fingerprint density at radius 2 is 2.21 bits per heavy atom. The maximum Gasteiger partial charge on any atom is 0.283 e. The molecule has 6 nitrogen and oxygen atoms in total. The van der Waals surface area contributed by atoms with Gasteiger partial charge in [0.1, 0.15) is 11.4 Å². The second kappa shape index (κ2) is 3.84. The lowest BCUT2D eigenvalue weighted by atomic mass is 10.2. The van der Waals surface area contributed by atoms with Crippen molar-refractivity contribution < 1.29 is 4.79 Å². The van der Waals surface area contributed by atoms with Crippen LogP contribution >= 0.6 is 0 Å². The number of nitrogens with one attached hydrogen (secondary N) is 2. The van der Waals surface area contributed by atoms with Gasteiger partial charge in [-0.3, -0.25) is 10.2 Å². The van der Waals surface area contributed by atoms with Gasteiger partial charge < -0.3 is 11.1 Å². The molecule has 0 fully saturated rings. The molecular formula is C8H11N5O. The molecule has 1 rings (SSSR count). The highest BCUT2D eigenvalue weighted by Gasteiger charge is 2.09. The summed E-state index contributed by atoms with van der Waals surface area (Å²) >= 11 is 0. The quantitative estimate of drug-likeness (QED) is 0.222. The fourth-order valence-corrected chi connectivity index (χ4v) is 0.971. The van der Waals surface area contributed by atoms with Gasteiger partial charge in [0, 0.05) is 0 Å². The smallest absolute Gasteiger partial charge is 0.283 e. The molecule has 6 N–H and O–H groups in total. The highest BCUT2D eigenvalue weighted by molar-refractivity contribution is 6.01. The van der Waals surface area contributed by atoms with Gasteiger partial charge in [0.2, 0.25) is 0 Å². The maximum absolute atomic E-state index is 11.1. The lowest BCUT2D eigenvalue weighted by Gasteiger charge is -2.04. The number of carbonyl (C=O) groups is 1. The van der Waals surface area contributed by atoms with Crippen molar-refractivity contribution >= 4 is 17.3 Å². The number of amides is 1. The third kappa shape index (κ3) is 1.86. The molecule has 1 aromatic rings. The average Bonchev–Trinajstić information content (AvgIpc) is 2.17. The third-order valence-electron chi connectivity index (χ3n) is 1.65. The molecule has 0 aliphatic rings. The zero-order valence-electron chi connectivity index (χ0n) is 7.66. The first-order valence-corrected chi connectivity index (χ1v) is 3.89. The summed E-state index contributed by atoms with van der Waals surface area (Å²) in [6, 6.07) is 2.97. The van der Waals surface area contributed by atoms with Crippen LogP contribution in [0.5, 0.6) is 0 Å². The minimum atomic E-state index is -0.507. The van der Waals surface area contributed by atoms with Crippen molar-refractivity contribution in [2.75, 3.05) is 5.73 Å². The van der Waals surface area contributed by atoms with Gasteiger partial charge in [-0.2, -0.15) is 0 Å². The summed E-state index contributed by atoms with van der Waals surface area (Å²) in [4.78, 5) is 15.0. The molecule has 0 spiro atoms. The van der Waals surface area contributed by atoms with Crippen molar-refractivity contribution in [1.82, 2.24) is 10.4 Å². The topological polar surface area (TPSA) is 118 Å². The van der Waals surface area contributed by atoms with Crippen molar-refractivity contribution in [3.8, 4) is 0 Å². The zero-order chi connectivity index (χ0) is 10.7. The summed E-state index contributed by atoms with van der Waals surface area (Å²) in [5.74, 6) is 4.44. The van der Waals surface area contributed by atoms with E-state index in [1.165, 1.54) is 12.1 Å². The van der Waals surface area contributed by atoms with Crippen LogP contribution in [0.1, 0.15) is 23.1 Å². The second-order valence-electron chi connectivity index (χ2n) is 2.73. The van der Waals surface area contributed by atoms with Gasteiger partial charge in [-0.15, -0.1) is 0 Å². The van der Waals surface area contributed by atoms with Gasteiger partial charge in [-0.1, -0.05) is 0 Å². The van der Waals surface area contributed by atoms with Gasteiger partial charge in [-0.05, 0) is 19.1 Å². The third-order valence-corrected chi connectivity index (χ3v) is 1.65. The largest absolute Gasteiger partial charge is 0.397 e. The minimum Gasteiger partial charge on any atom is -0.397 e. The van der Waals surface area contributed by atoms with E-state index in [1.54, 1.807) is 6.92 Å². The number of nitrogens with two attached hydrogens (primary N) is 2. The van der Waals surface area contributed by atoms with Crippen molar-refractivity contribution in [3.05, 3.63) is 23.5 Å². The molecule has 0 unspecified atom stereocenters. The SMILES string of the molecule is CC(=N)c1nc(C(=O)NN)ccc1N. The predicted octanol–water partition coefficient (Wildman–Crippen LogP) is -0.345. The fourth-order valence-electron chi connectivity index (χ4n) is 0.971. The van der Waals surface area contributed by atoms with E-state index in [0.717, 1.165) is 0 Å². The molecule has 0 atom stereocenters. The van der Waals surface area contributed by atoms with Gasteiger partial charge in [0.05, 0.1) is 11.4 Å². The Kier molecular flexibility index (Phi) is 2.78. The van der Waals surface area contributed by atoms with Crippen LogP contribution in [0.2, 0.25) is 0 Å². The Labute approximate surface area is 80.8 Å². The fraction of sp³-hybridized carbons (Fsp3) is 0.125. The Morgan fingerprint density at radius 3 is 2.71 bits per heavy atom. The van der Waals surface area contributed by atoms with Crippen molar-refractivity contribution in [2.45, 2.75) is 6.92 Å². The molecular weight excluding hydrogens is 182 g/mol. The first kappa shape index (κ1) is 10.1. The van der Waals surface area contributed by atoms with E-state index in [2.05, 4.69) is 4.98 Å². The van der Waals surface area contributed by atoms with Crippen LogP contribution in [0.3, 0.4) is 0 Å². The number of aromatic nitrogens is 1. The van der Waals surface area contributed by atoms with Crippen LogP contribution in [0.4, 0.5) is 5.69 Å². The summed E-state index contributed by atoms with van der Waals surface area (Å²) in [5.41, 5.74) is 8.53. The lowest BCUT2D eigenvalue weighted by molar-refractivity contribution is 0.0948. The van der Waals surface area contributed by atoms with Gasteiger partial charge in [0.25, 0.3) is 5.91 Å². The van der Waals surface area contributed by atoms with Crippen LogP contribution < -0.4 is 17.0 Å². The molecule has 74 valence electrons. The van der Waals surface area contributed by atoms with E-state index in [-0.39, 0.29) is 11.4 Å². The molecule has 1 amide bonds. The van der Waals surface area contributed by atoms with Crippen LogP contribution in [0.15, 0.2) is 12.1 Å². The maximum atomic E-state index is 11.1. The highest BCUT2D eigenvalue weighted by Crippen LogP contribution is 2.10. The van der Waals surface area contributed by atoms with Crippen molar-refractivity contribution in [1.29, 1.82) is 5.41 Å². The molecule has 0 aliphatic carbocycles. The normalized spacial score (nSPS) is 9.57. The number of nitrogen functional groups attached to an aromatic ring is 2. The number of hydrogen-bond acceptors (Lipinski definition) is 5. The van der Waals surface area contributed by atoms with E-state index in [1.807, 2.05) is 5.43 Å². The first-order valence-electron chi connectivity index (χ1n) is 3.89. The highest BCUT2D eigenvalue weighted by atomic mass is 16.2. The zero-order valence-corrected chi connectivity index (χ0v) is 7.66. The Bertz CT molecular complexity index is 387. The predicted molar refractivity (Wildman–Crippen MR) is 52.8 cm³/mol. The van der Waals surface area contributed by atoms with E-state index in [0.29, 0.717) is 11.4 Å². The number of hydrogen-bond donors (Lipinski definition) is 4. The van der Waals surface area contributed by atoms with Crippen molar-refractivity contribution in [3.63, 3.8) is 0 Å². The molecule has 14 heavy (non-hydrogen) atoms. The van der Waals surface area contributed by atoms with Gasteiger partial charge in [-0.25, -0.2) is 10.8 Å². The molecule has 0 saturated heterocycles. The number of pyridine rings is 1. The first-order chi connectivity index (χ1) is 6.56. The van der Waals surface area contributed by atoms with E-state index < -0.39 is 5.91 Å². The van der Waals surface area contributed by atoms with Crippen LogP contribution in [0, 0.1) is 5.41 Å². The number of hydrazine groups is 1. The summed E-state index contributed by atoms with van der Waals surface area (Å²) in [7, 11) is 0. The molecule has 6 heteroatoms. The number of nitrogens with zero attached hydrogens (tertiary/aromatic N) is 1. The van der Waals surface area contributed by atoms with Gasteiger partial charge >= 0.3 is 0 Å². The Hall–Kier alpha value is -1.95. The Balaban J connectivity index is 3.19. The summed E-state index contributed by atoms with van der Waals surface area (Å²) < 4.78 is 0. The summed E-state index contributed by atoms with van der Waals surface area (Å²) in [5, 5.41) is 7.37. The van der Waals surface area contributed by atoms with E-state index >= 15 is 0 Å². The van der Waals surface area contributed by atoms with Crippen LogP contribution in [-0.4, -0.2) is 16.6 Å². The minimum absolute atomic E-state index is 0.142. The van der Waals surface area contributed by atoms with Gasteiger partial charge in [0.15, 0.2) is 0 Å². The number of rotatable bonds is 2. The average molecular weight is 193 g/mol. The van der Waals surface area contributed by atoms with Crippen LogP contribution in [-0.2, 0) is 0 Å². The molecule has 0 bridgehead atoms. The molecule has 0 aromatic carbocycles. The molecule has 0 saturated carbocycles. The second-order valence-corrected chi connectivity index (χ2v) is 2.73. The summed E-state index contributed by atoms with van der Waals surface area (Å²) in [6.07, 6.45) is 0. The van der Waals surface area contributed by atoms with E-state index in [9.17, 15) is 4.79 Å². The molecule has 0 aliphatic heterocycles. The molecule has 1 heterocycles. The van der Waals surface area contributed by atoms with E-state index in [4.69, 9.17) is 17.0 Å². The lowest BCUT2D eigenvalue weighted by Crippen LogP contribution is -2.31. The number of carbonyl (C=O) groups excluding carboxylic acids is 1. The standard InChI is InChI=1S/C8H11N5O/c1-4(9)7-5(10)2-3-6(12-7)8(14)13-11/h2-3,9H,10-11H2,1H3,(H,13,14).